The Labute approximate surface area is 194 Å². The fourth-order valence-corrected chi connectivity index (χ4v) is 4.25. The molecule has 2 N–H and O–H groups in total. The van der Waals surface area contributed by atoms with E-state index in [1.807, 2.05) is 42.5 Å². The van der Waals surface area contributed by atoms with Crippen LogP contribution >= 0.6 is 0 Å². The summed E-state index contributed by atoms with van der Waals surface area (Å²) in [5, 5.41) is 15.6. The van der Waals surface area contributed by atoms with Crippen LogP contribution in [0, 0.1) is 11.3 Å². The third-order valence-electron chi connectivity index (χ3n) is 6.17. The molecule has 2 aliphatic rings. The van der Waals surface area contributed by atoms with Crippen LogP contribution in [-0.4, -0.2) is 23.7 Å². The number of carbonyl (C=O) groups is 2. The van der Waals surface area contributed by atoms with Gasteiger partial charge in [0.2, 0.25) is 0 Å². The predicted molar refractivity (Wildman–Crippen MR) is 129 cm³/mol. The first-order valence-electron chi connectivity index (χ1n) is 11.3. The molecule has 2 amide bonds. The summed E-state index contributed by atoms with van der Waals surface area (Å²) in [6, 6.07) is 16.9. The van der Waals surface area contributed by atoms with E-state index < -0.39 is 5.91 Å². The van der Waals surface area contributed by atoms with Gasteiger partial charge in [-0.05, 0) is 36.0 Å². The molecule has 4 rings (SSSR count). The topological polar surface area (TPSA) is 94.3 Å². The van der Waals surface area contributed by atoms with Gasteiger partial charge in [0, 0.05) is 22.7 Å². The number of nitrogens with one attached hydrogen (secondary N) is 2. The molecule has 0 aromatic heterocycles. The molecule has 0 radical (unpaired) electrons. The molecule has 0 spiro atoms. The van der Waals surface area contributed by atoms with E-state index in [9.17, 15) is 14.9 Å². The second kappa shape index (κ2) is 9.03. The van der Waals surface area contributed by atoms with E-state index in [-0.39, 0.29) is 22.9 Å². The average Bonchev–Trinajstić information content (AvgIpc) is 3.42. The highest BCUT2D eigenvalue weighted by Gasteiger charge is 2.28. The SMILES string of the molecule is CC(C)(C)c1ccc(C(=O)NC2=NC(=C(C#N)C(=O)NC3CCCC3)c3ccccc32)cc1. The lowest BCUT2D eigenvalue weighted by molar-refractivity contribution is -0.117. The van der Waals surface area contributed by atoms with Crippen LogP contribution in [0.5, 0.6) is 0 Å². The second-order valence-electron chi connectivity index (χ2n) is 9.58. The number of hydrogen-bond donors (Lipinski definition) is 2. The van der Waals surface area contributed by atoms with E-state index in [1.54, 1.807) is 12.1 Å². The van der Waals surface area contributed by atoms with Crippen molar-refractivity contribution in [3.63, 3.8) is 0 Å². The molecule has 0 unspecified atom stereocenters. The summed E-state index contributed by atoms with van der Waals surface area (Å²) in [5.74, 6) is -0.366. The van der Waals surface area contributed by atoms with Crippen molar-refractivity contribution in [1.82, 2.24) is 10.6 Å². The Morgan fingerprint density at radius 3 is 2.24 bits per heavy atom. The Balaban J connectivity index is 1.62. The summed E-state index contributed by atoms with van der Waals surface area (Å²) >= 11 is 0. The fourth-order valence-electron chi connectivity index (χ4n) is 4.25. The molecule has 0 saturated heterocycles. The molecule has 1 fully saturated rings. The Kier molecular flexibility index (Phi) is 6.15. The first kappa shape index (κ1) is 22.5. The summed E-state index contributed by atoms with van der Waals surface area (Å²) in [4.78, 5) is 30.3. The average molecular weight is 441 g/mol. The molecule has 1 heterocycles. The molecule has 6 nitrogen and oxygen atoms in total. The van der Waals surface area contributed by atoms with Gasteiger partial charge >= 0.3 is 0 Å². The Hall–Kier alpha value is -3.72. The van der Waals surface area contributed by atoms with Crippen molar-refractivity contribution in [3.8, 4) is 6.07 Å². The summed E-state index contributed by atoms with van der Waals surface area (Å²) in [6.45, 7) is 6.36. The quantitative estimate of drug-likeness (QED) is 0.545. The van der Waals surface area contributed by atoms with Gasteiger partial charge in [-0.1, -0.05) is 70.0 Å². The van der Waals surface area contributed by atoms with Crippen LogP contribution in [0.15, 0.2) is 59.1 Å². The first-order chi connectivity index (χ1) is 15.8. The van der Waals surface area contributed by atoms with E-state index in [1.165, 1.54) is 0 Å². The third kappa shape index (κ3) is 4.73. The number of nitrogens with zero attached hydrogens (tertiary/aromatic N) is 2. The number of fused-ring (bicyclic) bond motifs is 1. The van der Waals surface area contributed by atoms with Gasteiger partial charge in [0.15, 0.2) is 0 Å². The van der Waals surface area contributed by atoms with Crippen molar-refractivity contribution < 1.29 is 9.59 Å². The highest BCUT2D eigenvalue weighted by atomic mass is 16.2. The summed E-state index contributed by atoms with van der Waals surface area (Å²) in [6.07, 6.45) is 4.01. The molecule has 2 aromatic rings. The lowest BCUT2D eigenvalue weighted by atomic mass is 9.87. The molecular weight excluding hydrogens is 412 g/mol. The molecule has 6 heteroatoms. The maximum absolute atomic E-state index is 12.9. The van der Waals surface area contributed by atoms with Gasteiger partial charge in [0.05, 0.1) is 5.70 Å². The van der Waals surface area contributed by atoms with E-state index in [0.29, 0.717) is 28.2 Å². The Morgan fingerprint density at radius 1 is 1.00 bits per heavy atom. The highest BCUT2D eigenvalue weighted by molar-refractivity contribution is 6.20. The number of benzene rings is 2. The molecule has 168 valence electrons. The van der Waals surface area contributed by atoms with Crippen molar-refractivity contribution in [3.05, 3.63) is 76.4 Å². The number of hydrogen-bond acceptors (Lipinski definition) is 4. The highest BCUT2D eigenvalue weighted by Crippen LogP contribution is 2.31. The zero-order chi connectivity index (χ0) is 23.6. The van der Waals surface area contributed by atoms with E-state index in [0.717, 1.165) is 31.2 Å². The summed E-state index contributed by atoms with van der Waals surface area (Å²) in [5.41, 5.74) is 3.26. The number of carbonyl (C=O) groups excluding carboxylic acids is 2. The zero-order valence-electron chi connectivity index (χ0n) is 19.2. The number of nitriles is 1. The molecule has 2 aromatic carbocycles. The van der Waals surface area contributed by atoms with E-state index >= 15 is 0 Å². The van der Waals surface area contributed by atoms with Crippen molar-refractivity contribution >= 4 is 23.3 Å². The molecule has 1 aliphatic heterocycles. The smallest absolute Gasteiger partial charge is 0.264 e. The maximum Gasteiger partial charge on any atom is 0.264 e. The van der Waals surface area contributed by atoms with Crippen LogP contribution in [0.1, 0.15) is 73.5 Å². The van der Waals surface area contributed by atoms with Crippen LogP contribution in [0.2, 0.25) is 0 Å². The standard InChI is InChI=1S/C27H28N4O2/c1-27(2,3)18-14-12-17(13-15-18)25(32)31-24-21-11-7-6-10-20(21)23(30-24)22(16-28)26(33)29-19-8-4-5-9-19/h6-7,10-15,19H,4-5,8-9H2,1-3H3,(H,29,33)(H,30,31,32). The van der Waals surface area contributed by atoms with Crippen molar-refractivity contribution in [2.75, 3.05) is 0 Å². The number of aliphatic imine (C=N–C) groups is 1. The third-order valence-corrected chi connectivity index (χ3v) is 6.17. The van der Waals surface area contributed by atoms with Crippen LogP contribution in [0.4, 0.5) is 0 Å². The maximum atomic E-state index is 12.9. The second-order valence-corrected chi connectivity index (χ2v) is 9.58. The predicted octanol–water partition coefficient (Wildman–Crippen LogP) is 4.47. The minimum Gasteiger partial charge on any atom is -0.349 e. The summed E-state index contributed by atoms with van der Waals surface area (Å²) in [7, 11) is 0. The summed E-state index contributed by atoms with van der Waals surface area (Å²) < 4.78 is 0. The Bertz CT molecular complexity index is 1190. The molecule has 0 atom stereocenters. The number of amides is 2. The molecule has 1 aliphatic carbocycles. The van der Waals surface area contributed by atoms with Crippen molar-refractivity contribution in [2.45, 2.75) is 57.9 Å². The minimum atomic E-state index is -0.414. The molecule has 0 bridgehead atoms. The fraction of sp³-hybridized carbons (Fsp3) is 0.333. The van der Waals surface area contributed by atoms with Gasteiger partial charge in [-0.15, -0.1) is 0 Å². The van der Waals surface area contributed by atoms with Gasteiger partial charge < -0.3 is 10.6 Å². The van der Waals surface area contributed by atoms with E-state index in [2.05, 4.69) is 36.4 Å². The lowest BCUT2D eigenvalue weighted by Crippen LogP contribution is -2.33. The molecule has 33 heavy (non-hydrogen) atoms. The van der Waals surface area contributed by atoms with Crippen molar-refractivity contribution in [2.24, 2.45) is 4.99 Å². The van der Waals surface area contributed by atoms with Crippen LogP contribution in [-0.2, 0) is 10.2 Å². The van der Waals surface area contributed by atoms with Gasteiger partial charge in [0.25, 0.3) is 11.8 Å². The number of amidine groups is 1. The minimum absolute atomic E-state index is 0.00402. The normalized spacial score (nSPS) is 17.1. The largest absolute Gasteiger partial charge is 0.349 e. The first-order valence-corrected chi connectivity index (χ1v) is 11.3. The van der Waals surface area contributed by atoms with Gasteiger partial charge in [-0.2, -0.15) is 5.26 Å². The van der Waals surface area contributed by atoms with Gasteiger partial charge in [-0.25, -0.2) is 4.99 Å². The monoisotopic (exact) mass is 440 g/mol. The number of rotatable bonds is 3. The molecule has 1 saturated carbocycles. The van der Waals surface area contributed by atoms with Crippen LogP contribution in [0.3, 0.4) is 0 Å². The van der Waals surface area contributed by atoms with E-state index in [4.69, 9.17) is 0 Å². The van der Waals surface area contributed by atoms with Crippen LogP contribution in [0.25, 0.3) is 5.70 Å². The Morgan fingerprint density at radius 2 is 1.64 bits per heavy atom. The van der Waals surface area contributed by atoms with Crippen LogP contribution < -0.4 is 10.6 Å². The van der Waals surface area contributed by atoms with Gasteiger partial charge in [0.1, 0.15) is 17.5 Å². The van der Waals surface area contributed by atoms with Gasteiger partial charge in [-0.3, -0.25) is 9.59 Å². The molecular formula is C27H28N4O2. The zero-order valence-corrected chi connectivity index (χ0v) is 19.2. The van der Waals surface area contributed by atoms with Crippen molar-refractivity contribution in [1.29, 1.82) is 5.26 Å². The lowest BCUT2D eigenvalue weighted by Gasteiger charge is -2.19.